The number of rotatable bonds is 6. The molecule has 3 heteroatoms. The van der Waals surface area contributed by atoms with E-state index in [0.717, 1.165) is 12.2 Å². The summed E-state index contributed by atoms with van der Waals surface area (Å²) in [7, 11) is 0. The zero-order valence-corrected chi connectivity index (χ0v) is 8.43. The van der Waals surface area contributed by atoms with Crippen LogP contribution in [0.5, 0.6) is 5.75 Å². The van der Waals surface area contributed by atoms with Gasteiger partial charge in [0.05, 0.1) is 13.0 Å². The van der Waals surface area contributed by atoms with Crippen molar-refractivity contribution >= 4 is 5.97 Å². The minimum Gasteiger partial charge on any atom is -0.493 e. The van der Waals surface area contributed by atoms with Gasteiger partial charge in [0.1, 0.15) is 5.75 Å². The molecule has 3 nitrogen and oxygen atoms in total. The van der Waals surface area contributed by atoms with Gasteiger partial charge in [-0.1, -0.05) is 30.4 Å². The molecule has 0 atom stereocenters. The Morgan fingerprint density at radius 2 is 2.00 bits per heavy atom. The molecule has 0 saturated carbocycles. The van der Waals surface area contributed by atoms with Gasteiger partial charge in [0.25, 0.3) is 0 Å². The molecule has 1 aromatic rings. The summed E-state index contributed by atoms with van der Waals surface area (Å²) in [6.45, 7) is 0.570. The summed E-state index contributed by atoms with van der Waals surface area (Å²) in [5, 5.41) is 8.37. The third-order valence-corrected chi connectivity index (χ3v) is 1.76. The number of benzene rings is 1. The number of hydrogen-bond acceptors (Lipinski definition) is 2. The normalized spacial score (nSPS) is 10.4. The smallest absolute Gasteiger partial charge is 0.307 e. The van der Waals surface area contributed by atoms with E-state index in [2.05, 4.69) is 0 Å². The highest BCUT2D eigenvalue weighted by Crippen LogP contribution is 2.08. The summed E-state index contributed by atoms with van der Waals surface area (Å²) < 4.78 is 5.41. The second-order valence-corrected chi connectivity index (χ2v) is 3.02. The topological polar surface area (TPSA) is 46.5 Å². The van der Waals surface area contributed by atoms with Crippen molar-refractivity contribution in [2.24, 2.45) is 0 Å². The van der Waals surface area contributed by atoms with Gasteiger partial charge in [-0.25, -0.2) is 0 Å². The average molecular weight is 206 g/mol. The predicted octanol–water partition coefficient (Wildman–Crippen LogP) is 2.49. The van der Waals surface area contributed by atoms with Crippen molar-refractivity contribution in [1.82, 2.24) is 0 Å². The number of para-hydroxylation sites is 1. The van der Waals surface area contributed by atoms with Crippen molar-refractivity contribution in [2.75, 3.05) is 6.61 Å². The first kappa shape index (κ1) is 11.3. The predicted molar refractivity (Wildman–Crippen MR) is 57.9 cm³/mol. The quantitative estimate of drug-likeness (QED) is 0.574. The molecular formula is C12H14O3. The fourth-order valence-corrected chi connectivity index (χ4v) is 1.06. The van der Waals surface area contributed by atoms with E-state index in [9.17, 15) is 4.79 Å². The lowest BCUT2D eigenvalue weighted by atomic mass is 10.3. The molecule has 0 aliphatic carbocycles. The summed E-state index contributed by atoms with van der Waals surface area (Å²) in [5.41, 5.74) is 0. The Kier molecular flexibility index (Phi) is 5.01. The van der Waals surface area contributed by atoms with E-state index in [1.165, 1.54) is 0 Å². The van der Waals surface area contributed by atoms with E-state index in [0.29, 0.717) is 6.61 Å². The lowest BCUT2D eigenvalue weighted by Gasteiger charge is -2.02. The van der Waals surface area contributed by atoms with Gasteiger partial charge in [-0.3, -0.25) is 4.79 Å². The Morgan fingerprint density at radius 1 is 1.27 bits per heavy atom. The molecule has 0 heterocycles. The van der Waals surface area contributed by atoms with Crippen molar-refractivity contribution in [3.63, 3.8) is 0 Å². The van der Waals surface area contributed by atoms with Gasteiger partial charge in [-0.2, -0.15) is 0 Å². The highest BCUT2D eigenvalue weighted by atomic mass is 16.5. The highest BCUT2D eigenvalue weighted by Gasteiger charge is 1.90. The summed E-state index contributed by atoms with van der Waals surface area (Å²) in [5.74, 6) is 0.0272. The van der Waals surface area contributed by atoms with Crippen LogP contribution in [0.25, 0.3) is 0 Å². The molecule has 0 saturated heterocycles. The SMILES string of the molecule is O=C(O)CC=CCCOc1ccccc1. The van der Waals surface area contributed by atoms with Crippen molar-refractivity contribution in [3.8, 4) is 5.75 Å². The minimum absolute atomic E-state index is 0.0747. The van der Waals surface area contributed by atoms with E-state index < -0.39 is 5.97 Å². The molecule has 0 bridgehead atoms. The monoisotopic (exact) mass is 206 g/mol. The standard InChI is InChI=1S/C12H14O3/c13-12(14)9-5-2-6-10-15-11-7-3-1-4-8-11/h1-5,7-8H,6,9-10H2,(H,13,14). The maximum atomic E-state index is 10.2. The first-order valence-electron chi connectivity index (χ1n) is 4.83. The highest BCUT2D eigenvalue weighted by molar-refractivity contribution is 5.68. The van der Waals surface area contributed by atoms with Crippen LogP contribution in [0, 0.1) is 0 Å². The second-order valence-electron chi connectivity index (χ2n) is 3.02. The van der Waals surface area contributed by atoms with Gasteiger partial charge in [-0.15, -0.1) is 0 Å². The van der Waals surface area contributed by atoms with E-state index >= 15 is 0 Å². The molecule has 0 aliphatic heterocycles. The van der Waals surface area contributed by atoms with E-state index in [-0.39, 0.29) is 6.42 Å². The molecule has 0 aliphatic rings. The molecule has 0 radical (unpaired) electrons. The third-order valence-electron chi connectivity index (χ3n) is 1.76. The number of carboxylic acid groups (broad SMARTS) is 1. The van der Waals surface area contributed by atoms with Crippen molar-refractivity contribution in [2.45, 2.75) is 12.8 Å². The lowest BCUT2D eigenvalue weighted by molar-refractivity contribution is -0.136. The number of hydrogen-bond donors (Lipinski definition) is 1. The minimum atomic E-state index is -0.810. The van der Waals surface area contributed by atoms with Crippen LogP contribution in [0.1, 0.15) is 12.8 Å². The van der Waals surface area contributed by atoms with Gasteiger partial charge in [0, 0.05) is 0 Å². The zero-order valence-electron chi connectivity index (χ0n) is 8.43. The van der Waals surface area contributed by atoms with Gasteiger partial charge in [-0.05, 0) is 18.6 Å². The van der Waals surface area contributed by atoms with Crippen LogP contribution in [0.15, 0.2) is 42.5 Å². The Hall–Kier alpha value is -1.77. The molecule has 1 rings (SSSR count). The van der Waals surface area contributed by atoms with E-state index in [1.54, 1.807) is 6.08 Å². The fraction of sp³-hybridized carbons (Fsp3) is 0.250. The second kappa shape index (κ2) is 6.65. The number of carboxylic acids is 1. The molecular weight excluding hydrogens is 192 g/mol. The molecule has 1 aromatic carbocycles. The van der Waals surface area contributed by atoms with Crippen LogP contribution < -0.4 is 4.74 Å². The molecule has 0 aromatic heterocycles. The summed E-state index contributed by atoms with van der Waals surface area (Å²) in [6.07, 6.45) is 4.25. The summed E-state index contributed by atoms with van der Waals surface area (Å²) in [6, 6.07) is 9.53. The summed E-state index contributed by atoms with van der Waals surface area (Å²) in [4.78, 5) is 10.2. The molecule has 0 spiro atoms. The largest absolute Gasteiger partial charge is 0.493 e. The number of ether oxygens (including phenoxy) is 1. The Bertz CT molecular complexity index is 317. The first-order chi connectivity index (χ1) is 7.29. The van der Waals surface area contributed by atoms with Gasteiger partial charge >= 0.3 is 5.97 Å². The van der Waals surface area contributed by atoms with Crippen LogP contribution in [-0.4, -0.2) is 17.7 Å². The average Bonchev–Trinajstić information content (AvgIpc) is 2.24. The maximum absolute atomic E-state index is 10.2. The lowest BCUT2D eigenvalue weighted by Crippen LogP contribution is -1.95. The van der Waals surface area contributed by atoms with Crippen molar-refractivity contribution in [1.29, 1.82) is 0 Å². The number of aliphatic carboxylic acids is 1. The first-order valence-corrected chi connectivity index (χ1v) is 4.83. The zero-order chi connectivity index (χ0) is 10.9. The Morgan fingerprint density at radius 3 is 2.67 bits per heavy atom. The van der Waals surface area contributed by atoms with E-state index in [4.69, 9.17) is 9.84 Å². The molecule has 15 heavy (non-hydrogen) atoms. The van der Waals surface area contributed by atoms with Crippen molar-refractivity contribution in [3.05, 3.63) is 42.5 Å². The summed E-state index contributed by atoms with van der Waals surface area (Å²) >= 11 is 0. The number of carbonyl (C=O) groups is 1. The molecule has 0 unspecified atom stereocenters. The van der Waals surface area contributed by atoms with Crippen LogP contribution in [0.3, 0.4) is 0 Å². The van der Waals surface area contributed by atoms with Crippen LogP contribution in [0.2, 0.25) is 0 Å². The Labute approximate surface area is 89.0 Å². The maximum Gasteiger partial charge on any atom is 0.307 e. The molecule has 80 valence electrons. The van der Waals surface area contributed by atoms with E-state index in [1.807, 2.05) is 36.4 Å². The molecule has 1 N–H and O–H groups in total. The van der Waals surface area contributed by atoms with Gasteiger partial charge in [0.2, 0.25) is 0 Å². The Balaban J connectivity index is 2.12. The van der Waals surface area contributed by atoms with Crippen LogP contribution >= 0.6 is 0 Å². The fourth-order valence-electron chi connectivity index (χ4n) is 1.06. The van der Waals surface area contributed by atoms with Crippen molar-refractivity contribution < 1.29 is 14.6 Å². The van der Waals surface area contributed by atoms with Gasteiger partial charge in [0.15, 0.2) is 0 Å². The third kappa shape index (κ3) is 5.52. The van der Waals surface area contributed by atoms with Crippen LogP contribution in [0.4, 0.5) is 0 Å². The van der Waals surface area contributed by atoms with Crippen LogP contribution in [-0.2, 0) is 4.79 Å². The van der Waals surface area contributed by atoms with Gasteiger partial charge < -0.3 is 9.84 Å². The molecule has 0 fully saturated rings. The molecule has 0 amide bonds.